The number of phenolic OH excluding ortho intramolecular Hbond substituents is 1. The molecule has 1 atom stereocenters. The minimum Gasteiger partial charge on any atom is -0.507 e. The molecule has 0 aliphatic rings. The maximum atomic E-state index is 9.97. The first kappa shape index (κ1) is 29.5. The predicted octanol–water partition coefficient (Wildman–Crippen LogP) is 8.69. The third kappa shape index (κ3) is 13.4. The van der Waals surface area contributed by atoms with Gasteiger partial charge >= 0.3 is 0 Å². The van der Waals surface area contributed by atoms with Crippen molar-refractivity contribution >= 4 is 17.6 Å². The molecule has 0 bridgehead atoms. The van der Waals surface area contributed by atoms with Gasteiger partial charge in [-0.05, 0) is 55.8 Å². The minimum atomic E-state index is -0.525. The van der Waals surface area contributed by atoms with Crippen LogP contribution in [-0.4, -0.2) is 35.7 Å². The van der Waals surface area contributed by atoms with Crippen molar-refractivity contribution in [3.8, 4) is 11.5 Å². The van der Waals surface area contributed by atoms with Crippen LogP contribution in [0.4, 0.5) is 11.4 Å². The highest BCUT2D eigenvalue weighted by Crippen LogP contribution is 2.25. The van der Waals surface area contributed by atoms with Crippen molar-refractivity contribution in [2.24, 2.45) is 15.2 Å². The molecule has 6 nitrogen and oxygen atoms in total. The van der Waals surface area contributed by atoms with Crippen molar-refractivity contribution in [3.63, 3.8) is 0 Å². The highest BCUT2D eigenvalue weighted by atomic mass is 16.5. The standard InChI is InChI=1S/C30H45N3O3/c1-3-4-5-6-7-8-9-10-11-12-13-14-21-36-29-18-15-27(16-19-29)32-33-28-17-20-30(35)26(22-28)24-31-23-25(2)34/h15-20,22,24-25,34-35H,3-14,21,23H2,1-2H3. The first-order chi connectivity index (χ1) is 17.6. The largest absolute Gasteiger partial charge is 0.507 e. The van der Waals surface area contributed by atoms with Gasteiger partial charge in [-0.3, -0.25) is 4.99 Å². The molecule has 0 saturated heterocycles. The molecule has 6 heteroatoms. The van der Waals surface area contributed by atoms with Crippen molar-refractivity contribution in [2.45, 2.75) is 97.0 Å². The number of benzene rings is 2. The summed E-state index contributed by atoms with van der Waals surface area (Å²) in [6.07, 6.45) is 17.1. The van der Waals surface area contributed by atoms with Gasteiger partial charge in [0.2, 0.25) is 0 Å². The van der Waals surface area contributed by atoms with Gasteiger partial charge in [0, 0.05) is 11.8 Å². The van der Waals surface area contributed by atoms with Gasteiger partial charge in [-0.15, -0.1) is 0 Å². The maximum Gasteiger partial charge on any atom is 0.124 e. The van der Waals surface area contributed by atoms with E-state index in [1.807, 2.05) is 24.3 Å². The zero-order valence-corrected chi connectivity index (χ0v) is 22.2. The van der Waals surface area contributed by atoms with Crippen LogP contribution in [0.5, 0.6) is 11.5 Å². The second-order valence-corrected chi connectivity index (χ2v) is 9.52. The lowest BCUT2D eigenvalue weighted by atomic mass is 10.1. The zero-order chi connectivity index (χ0) is 25.8. The van der Waals surface area contributed by atoms with Crippen LogP contribution in [0.2, 0.25) is 0 Å². The van der Waals surface area contributed by atoms with E-state index >= 15 is 0 Å². The molecule has 0 heterocycles. The Labute approximate surface area is 217 Å². The van der Waals surface area contributed by atoms with Gasteiger partial charge < -0.3 is 14.9 Å². The quantitative estimate of drug-likeness (QED) is 0.116. The Morgan fingerprint density at radius 1 is 0.778 bits per heavy atom. The first-order valence-corrected chi connectivity index (χ1v) is 13.7. The average molecular weight is 496 g/mol. The Bertz CT molecular complexity index is 895. The van der Waals surface area contributed by atoms with Gasteiger partial charge in [-0.25, -0.2) is 0 Å². The van der Waals surface area contributed by atoms with E-state index in [2.05, 4.69) is 22.1 Å². The molecule has 0 aliphatic carbocycles. The number of aliphatic imine (C=N–C) groups is 1. The number of azo groups is 1. The van der Waals surface area contributed by atoms with Crippen LogP contribution in [-0.2, 0) is 0 Å². The van der Waals surface area contributed by atoms with Crippen molar-refractivity contribution in [1.82, 2.24) is 0 Å². The smallest absolute Gasteiger partial charge is 0.124 e. The third-order valence-electron chi connectivity index (χ3n) is 6.00. The molecule has 0 radical (unpaired) electrons. The number of aliphatic hydroxyl groups excluding tert-OH is 1. The normalized spacial score (nSPS) is 12.5. The predicted molar refractivity (Wildman–Crippen MR) is 149 cm³/mol. The van der Waals surface area contributed by atoms with E-state index in [-0.39, 0.29) is 12.3 Å². The topological polar surface area (TPSA) is 86.8 Å². The highest BCUT2D eigenvalue weighted by molar-refractivity contribution is 5.84. The van der Waals surface area contributed by atoms with Gasteiger partial charge in [0.15, 0.2) is 0 Å². The second kappa shape index (κ2) is 18.5. The molecule has 198 valence electrons. The fraction of sp³-hybridized carbons (Fsp3) is 0.567. The summed E-state index contributed by atoms with van der Waals surface area (Å²) in [5.41, 5.74) is 1.87. The van der Waals surface area contributed by atoms with Gasteiger partial charge in [-0.2, -0.15) is 10.2 Å². The molecular formula is C30H45N3O3. The number of rotatable bonds is 19. The van der Waals surface area contributed by atoms with Crippen LogP contribution in [0.25, 0.3) is 0 Å². The molecule has 2 aromatic carbocycles. The van der Waals surface area contributed by atoms with E-state index in [4.69, 9.17) is 4.74 Å². The maximum absolute atomic E-state index is 9.97. The van der Waals surface area contributed by atoms with Crippen molar-refractivity contribution in [1.29, 1.82) is 0 Å². The molecule has 36 heavy (non-hydrogen) atoms. The summed E-state index contributed by atoms with van der Waals surface area (Å²) in [6, 6.07) is 12.6. The van der Waals surface area contributed by atoms with E-state index in [0.29, 0.717) is 11.3 Å². The van der Waals surface area contributed by atoms with E-state index in [9.17, 15) is 10.2 Å². The average Bonchev–Trinajstić information content (AvgIpc) is 2.87. The number of hydrogen-bond acceptors (Lipinski definition) is 6. The number of unbranched alkanes of at least 4 members (excludes halogenated alkanes) is 11. The Hall–Kier alpha value is -2.73. The summed E-state index contributed by atoms with van der Waals surface area (Å²) in [5, 5.41) is 27.8. The molecule has 0 spiro atoms. The minimum absolute atomic E-state index is 0.109. The lowest BCUT2D eigenvalue weighted by molar-refractivity contribution is 0.204. The zero-order valence-electron chi connectivity index (χ0n) is 22.2. The monoisotopic (exact) mass is 495 g/mol. The third-order valence-corrected chi connectivity index (χ3v) is 6.00. The van der Waals surface area contributed by atoms with Crippen LogP contribution < -0.4 is 4.74 Å². The number of ether oxygens (including phenoxy) is 1. The van der Waals surface area contributed by atoms with Crippen LogP contribution in [0, 0.1) is 0 Å². The van der Waals surface area contributed by atoms with Crippen LogP contribution in [0.1, 0.15) is 96.5 Å². The molecule has 2 aromatic rings. The Morgan fingerprint density at radius 3 is 1.94 bits per heavy atom. The fourth-order valence-electron chi connectivity index (χ4n) is 3.87. The summed E-state index contributed by atoms with van der Waals surface area (Å²) in [6.45, 7) is 4.95. The fourth-order valence-corrected chi connectivity index (χ4v) is 3.87. The number of aliphatic hydroxyl groups is 1. The van der Waals surface area contributed by atoms with Crippen LogP contribution >= 0.6 is 0 Å². The van der Waals surface area contributed by atoms with E-state index in [0.717, 1.165) is 24.5 Å². The van der Waals surface area contributed by atoms with Gasteiger partial charge in [0.25, 0.3) is 0 Å². The van der Waals surface area contributed by atoms with E-state index in [1.54, 1.807) is 25.1 Å². The molecule has 1 unspecified atom stereocenters. The van der Waals surface area contributed by atoms with Crippen molar-refractivity contribution in [3.05, 3.63) is 48.0 Å². The summed E-state index contributed by atoms with van der Waals surface area (Å²) >= 11 is 0. The number of phenols is 1. The lowest BCUT2D eigenvalue weighted by Crippen LogP contribution is -2.03. The Kier molecular flexibility index (Phi) is 15.2. The van der Waals surface area contributed by atoms with E-state index < -0.39 is 6.10 Å². The van der Waals surface area contributed by atoms with Crippen LogP contribution in [0.3, 0.4) is 0 Å². The Morgan fingerprint density at radius 2 is 1.33 bits per heavy atom. The first-order valence-electron chi connectivity index (χ1n) is 13.7. The number of hydrogen-bond donors (Lipinski definition) is 2. The van der Waals surface area contributed by atoms with Gasteiger partial charge in [0.1, 0.15) is 11.5 Å². The molecular weight excluding hydrogens is 450 g/mol. The number of aromatic hydroxyl groups is 1. The van der Waals surface area contributed by atoms with Crippen molar-refractivity contribution < 1.29 is 14.9 Å². The number of nitrogens with zero attached hydrogens (tertiary/aromatic N) is 3. The van der Waals surface area contributed by atoms with E-state index in [1.165, 1.54) is 76.8 Å². The lowest BCUT2D eigenvalue weighted by Gasteiger charge is -2.06. The summed E-state index contributed by atoms with van der Waals surface area (Å²) in [4.78, 5) is 4.12. The van der Waals surface area contributed by atoms with Gasteiger partial charge in [0.05, 0.1) is 30.6 Å². The molecule has 2 N–H and O–H groups in total. The highest BCUT2D eigenvalue weighted by Gasteiger charge is 2.01. The molecule has 0 saturated carbocycles. The van der Waals surface area contributed by atoms with Gasteiger partial charge in [-0.1, -0.05) is 77.6 Å². The summed E-state index contributed by atoms with van der Waals surface area (Å²) in [7, 11) is 0. The molecule has 2 rings (SSSR count). The SMILES string of the molecule is CCCCCCCCCCCCCCOc1ccc(N=Nc2ccc(O)c(C=NCC(C)O)c2)cc1. The van der Waals surface area contributed by atoms with Crippen LogP contribution in [0.15, 0.2) is 57.7 Å². The molecule has 0 fully saturated rings. The molecule has 0 aromatic heterocycles. The molecule has 0 aliphatic heterocycles. The second-order valence-electron chi connectivity index (χ2n) is 9.52. The summed E-state index contributed by atoms with van der Waals surface area (Å²) < 4.78 is 5.87. The Balaban J connectivity index is 1.62. The molecule has 0 amide bonds. The summed E-state index contributed by atoms with van der Waals surface area (Å²) in [5.74, 6) is 0.955. The van der Waals surface area contributed by atoms with Crippen molar-refractivity contribution in [2.75, 3.05) is 13.2 Å².